The molecular weight excluding hydrogens is 466 g/mol. The number of allylic oxidation sites excluding steroid dienone is 1. The van der Waals surface area contributed by atoms with E-state index in [4.69, 9.17) is 4.84 Å². The van der Waals surface area contributed by atoms with E-state index in [0.29, 0.717) is 42.4 Å². The summed E-state index contributed by atoms with van der Waals surface area (Å²) < 4.78 is 0. The van der Waals surface area contributed by atoms with Gasteiger partial charge in [0.2, 0.25) is 0 Å². The van der Waals surface area contributed by atoms with E-state index in [0.717, 1.165) is 44.4 Å². The molecule has 1 aliphatic heterocycles. The fourth-order valence-electron chi connectivity index (χ4n) is 9.20. The zero-order chi connectivity index (χ0) is 26.2. The third-order valence-corrected chi connectivity index (χ3v) is 11.2. The summed E-state index contributed by atoms with van der Waals surface area (Å²) in [7, 11) is 0. The molecule has 0 bridgehead atoms. The van der Waals surface area contributed by atoms with Crippen molar-refractivity contribution in [2.75, 3.05) is 26.2 Å². The molecule has 0 aromatic heterocycles. The Morgan fingerprint density at radius 3 is 2.73 bits per heavy atom. The van der Waals surface area contributed by atoms with E-state index in [2.05, 4.69) is 24.3 Å². The minimum atomic E-state index is -0.462. The third-order valence-electron chi connectivity index (χ3n) is 11.2. The number of carbonyl (C=O) groups excluding carboxylic acids is 2. The maximum atomic E-state index is 12.9. The Hall–Kier alpha value is -1.73. The highest BCUT2D eigenvalue weighted by Crippen LogP contribution is 2.66. The highest BCUT2D eigenvalue weighted by molar-refractivity contribution is 5.91. The standard InChI is InChI=1S/C30H47N3O4/c1-20(32-37-28(36)33(16-17-34)19-22-6-4-5-15-31-22)25-9-10-26-24-8-7-21-18-23(35)11-13-29(21,2)27(24)12-14-30(25,26)3/h18,22,24-27,31,34H,4-17,19H2,1-3H3/b32-20+/t22?,24-,25+,26-,27-,29-,30+/m0/s1. The van der Waals surface area contributed by atoms with Crippen LogP contribution in [0.15, 0.2) is 16.8 Å². The van der Waals surface area contributed by atoms with Gasteiger partial charge in [0, 0.05) is 31.5 Å². The molecule has 7 nitrogen and oxygen atoms in total. The number of aliphatic hydroxyl groups excluding tert-OH is 1. The lowest BCUT2D eigenvalue weighted by Crippen LogP contribution is -2.51. The number of nitrogens with one attached hydrogen (secondary N) is 1. The molecule has 7 atom stereocenters. The van der Waals surface area contributed by atoms with Gasteiger partial charge in [0.25, 0.3) is 0 Å². The first kappa shape index (κ1) is 26.9. The molecule has 206 valence electrons. The molecule has 2 N–H and O–H groups in total. The first-order valence-electron chi connectivity index (χ1n) is 14.8. The smallest absolute Gasteiger partial charge is 0.395 e. The van der Waals surface area contributed by atoms with Gasteiger partial charge in [0.1, 0.15) is 0 Å². The van der Waals surface area contributed by atoms with E-state index in [1.54, 1.807) is 4.90 Å². The van der Waals surface area contributed by atoms with E-state index in [1.807, 2.05) is 13.0 Å². The number of piperidine rings is 1. The number of hydrogen-bond acceptors (Lipinski definition) is 6. The molecule has 3 saturated carbocycles. The van der Waals surface area contributed by atoms with Crippen molar-refractivity contribution in [1.29, 1.82) is 0 Å². The van der Waals surface area contributed by atoms with Gasteiger partial charge in [-0.15, -0.1) is 0 Å². The van der Waals surface area contributed by atoms with Gasteiger partial charge in [-0.2, -0.15) is 0 Å². The van der Waals surface area contributed by atoms with Gasteiger partial charge in [0.15, 0.2) is 5.78 Å². The summed E-state index contributed by atoms with van der Waals surface area (Å²) in [6.07, 6.45) is 13.6. The average Bonchev–Trinajstić information content (AvgIpc) is 3.25. The lowest BCUT2D eigenvalue weighted by atomic mass is 9.46. The summed E-state index contributed by atoms with van der Waals surface area (Å²) in [6.45, 7) is 8.62. The van der Waals surface area contributed by atoms with E-state index in [1.165, 1.54) is 37.7 Å². The quantitative estimate of drug-likeness (QED) is 0.294. The Kier molecular flexibility index (Phi) is 7.84. The normalized spacial score (nSPS) is 39.8. The van der Waals surface area contributed by atoms with Gasteiger partial charge in [0.05, 0.1) is 12.3 Å². The summed E-state index contributed by atoms with van der Waals surface area (Å²) in [4.78, 5) is 32.1. The molecule has 7 heteroatoms. The monoisotopic (exact) mass is 513 g/mol. The van der Waals surface area contributed by atoms with Crippen molar-refractivity contribution in [3.05, 3.63) is 11.6 Å². The molecule has 1 unspecified atom stereocenters. The zero-order valence-corrected chi connectivity index (χ0v) is 23.1. The molecule has 1 saturated heterocycles. The van der Waals surface area contributed by atoms with Crippen LogP contribution in [0.3, 0.4) is 0 Å². The fraction of sp³-hybridized carbons (Fsp3) is 0.833. The molecule has 4 fully saturated rings. The number of hydrogen-bond donors (Lipinski definition) is 2. The second-order valence-electron chi connectivity index (χ2n) is 13.0. The number of nitrogens with zero attached hydrogens (tertiary/aromatic N) is 2. The van der Waals surface area contributed by atoms with Crippen molar-refractivity contribution >= 4 is 17.6 Å². The maximum absolute atomic E-state index is 12.9. The van der Waals surface area contributed by atoms with Crippen LogP contribution in [-0.4, -0.2) is 59.9 Å². The molecule has 0 spiro atoms. The van der Waals surface area contributed by atoms with E-state index in [-0.39, 0.29) is 30.0 Å². The Bertz CT molecular complexity index is 941. The SMILES string of the molecule is C/C(=N\OC(=O)N(CCO)CC1CCCCN1)[C@H]1CC[C@H]2[C@@H]3CCC4=CC(=O)CC[C@]4(C)[C@H]3CC[C@]12C. The fourth-order valence-corrected chi connectivity index (χ4v) is 9.20. The van der Waals surface area contributed by atoms with Crippen molar-refractivity contribution in [2.24, 2.45) is 39.7 Å². The van der Waals surface area contributed by atoms with Crippen LogP contribution in [0.2, 0.25) is 0 Å². The summed E-state index contributed by atoms with van der Waals surface area (Å²) in [5, 5.41) is 17.4. The van der Waals surface area contributed by atoms with Crippen LogP contribution in [0.5, 0.6) is 0 Å². The summed E-state index contributed by atoms with van der Waals surface area (Å²) in [5.74, 6) is 2.69. The summed E-state index contributed by atoms with van der Waals surface area (Å²) in [5.41, 5.74) is 2.73. The van der Waals surface area contributed by atoms with Gasteiger partial charge in [-0.3, -0.25) is 9.63 Å². The summed E-state index contributed by atoms with van der Waals surface area (Å²) >= 11 is 0. The molecule has 0 aromatic carbocycles. The van der Waals surface area contributed by atoms with Crippen LogP contribution < -0.4 is 5.32 Å². The highest BCUT2D eigenvalue weighted by atomic mass is 16.7. The first-order chi connectivity index (χ1) is 17.8. The molecule has 0 radical (unpaired) electrons. The van der Waals surface area contributed by atoms with Crippen LogP contribution >= 0.6 is 0 Å². The molecule has 0 aromatic rings. The number of rotatable bonds is 6. The average molecular weight is 514 g/mol. The molecule has 1 amide bonds. The van der Waals surface area contributed by atoms with Gasteiger partial charge in [-0.05, 0) is 106 Å². The third kappa shape index (κ3) is 5.03. The van der Waals surface area contributed by atoms with E-state index >= 15 is 0 Å². The van der Waals surface area contributed by atoms with Crippen molar-refractivity contribution in [3.63, 3.8) is 0 Å². The second-order valence-corrected chi connectivity index (χ2v) is 13.0. The van der Waals surface area contributed by atoms with Crippen LogP contribution in [0.25, 0.3) is 0 Å². The topological polar surface area (TPSA) is 91.2 Å². The van der Waals surface area contributed by atoms with E-state index < -0.39 is 6.09 Å². The van der Waals surface area contributed by atoms with Gasteiger partial charge in [-0.1, -0.05) is 31.0 Å². The molecule has 4 aliphatic carbocycles. The van der Waals surface area contributed by atoms with Gasteiger partial charge < -0.3 is 15.3 Å². The second kappa shape index (κ2) is 10.8. The number of aliphatic hydroxyl groups is 1. The van der Waals surface area contributed by atoms with Crippen molar-refractivity contribution in [2.45, 2.75) is 97.4 Å². The predicted octanol–water partition coefficient (Wildman–Crippen LogP) is 5.08. The van der Waals surface area contributed by atoms with Gasteiger partial charge >= 0.3 is 6.09 Å². The Morgan fingerprint density at radius 1 is 1.14 bits per heavy atom. The lowest BCUT2D eigenvalue weighted by Gasteiger charge is -2.58. The van der Waals surface area contributed by atoms with Crippen molar-refractivity contribution in [1.82, 2.24) is 10.2 Å². The number of amides is 1. The Balaban J connectivity index is 1.25. The number of oxime groups is 1. The van der Waals surface area contributed by atoms with Crippen molar-refractivity contribution in [3.8, 4) is 0 Å². The Morgan fingerprint density at radius 2 is 1.97 bits per heavy atom. The number of fused-ring (bicyclic) bond motifs is 5. The van der Waals surface area contributed by atoms with Crippen LogP contribution in [0.4, 0.5) is 4.79 Å². The minimum Gasteiger partial charge on any atom is -0.395 e. The lowest BCUT2D eigenvalue weighted by molar-refractivity contribution is -0.117. The maximum Gasteiger partial charge on any atom is 0.436 e. The predicted molar refractivity (Wildman–Crippen MR) is 144 cm³/mol. The number of carbonyl (C=O) groups is 2. The zero-order valence-electron chi connectivity index (χ0n) is 23.1. The molecule has 5 aliphatic rings. The highest BCUT2D eigenvalue weighted by Gasteiger charge is 2.59. The number of ketones is 1. The van der Waals surface area contributed by atoms with E-state index in [9.17, 15) is 14.7 Å². The van der Waals surface area contributed by atoms with Crippen molar-refractivity contribution < 1.29 is 19.5 Å². The Labute approximate surface area is 222 Å². The minimum absolute atomic E-state index is 0.0839. The molecule has 1 heterocycles. The van der Waals surface area contributed by atoms with Gasteiger partial charge in [-0.25, -0.2) is 4.79 Å². The largest absolute Gasteiger partial charge is 0.436 e. The molecular formula is C30H47N3O4. The van der Waals surface area contributed by atoms with Crippen LogP contribution in [0.1, 0.15) is 91.4 Å². The van der Waals surface area contributed by atoms with Crippen LogP contribution in [0, 0.1) is 34.5 Å². The summed E-state index contributed by atoms with van der Waals surface area (Å²) in [6, 6.07) is 0.248. The molecule has 5 rings (SSSR count). The van der Waals surface area contributed by atoms with Crippen LogP contribution in [-0.2, 0) is 9.63 Å². The first-order valence-corrected chi connectivity index (χ1v) is 14.8. The molecule has 37 heavy (non-hydrogen) atoms.